The maximum Gasteiger partial charge on any atom is -0.00979 e. The van der Waals surface area contributed by atoms with E-state index in [0.717, 1.165) is 11.5 Å². The van der Waals surface area contributed by atoms with Crippen molar-refractivity contribution < 1.29 is 0 Å². The van der Waals surface area contributed by atoms with Gasteiger partial charge in [0.05, 0.1) is 0 Å². The van der Waals surface area contributed by atoms with Crippen molar-refractivity contribution >= 4 is 25.3 Å². The highest BCUT2D eigenvalue weighted by Crippen LogP contribution is 2.19. The van der Waals surface area contributed by atoms with Gasteiger partial charge < -0.3 is 0 Å². The van der Waals surface area contributed by atoms with Gasteiger partial charge in [-0.1, -0.05) is 49.9 Å². The number of hydrogen-bond donors (Lipinski definition) is 2. The minimum atomic E-state index is 1.05. The Hall–Kier alpha value is -0.0800. The van der Waals surface area contributed by atoms with Gasteiger partial charge >= 0.3 is 0 Å². The molecule has 20 heavy (non-hydrogen) atoms. The average molecular weight is 311 g/mol. The minimum absolute atomic E-state index is 1.05. The lowest BCUT2D eigenvalue weighted by Gasteiger charge is -2.13. The number of aryl methyl sites for hydroxylation is 2. The zero-order chi connectivity index (χ0) is 14.5. The zero-order valence-electron chi connectivity index (χ0n) is 12.7. The number of hydrogen-bond acceptors (Lipinski definition) is 2. The first-order chi connectivity index (χ1) is 9.88. The van der Waals surface area contributed by atoms with Crippen LogP contribution < -0.4 is 0 Å². The lowest BCUT2D eigenvalue weighted by Crippen LogP contribution is -2.00. The molecule has 2 rings (SSSR count). The van der Waals surface area contributed by atoms with E-state index in [1.165, 1.54) is 64.2 Å². The van der Waals surface area contributed by atoms with Crippen LogP contribution in [0.25, 0.3) is 0 Å². The highest BCUT2D eigenvalue weighted by molar-refractivity contribution is 7.80. The van der Waals surface area contributed by atoms with E-state index in [1.54, 1.807) is 11.1 Å². The Kier molecular flexibility index (Phi) is 11.4. The molecule has 0 saturated carbocycles. The molecule has 1 aromatic rings. The van der Waals surface area contributed by atoms with Crippen LogP contribution >= 0.6 is 25.3 Å². The molecule has 1 aliphatic carbocycles. The van der Waals surface area contributed by atoms with Crippen molar-refractivity contribution in [1.82, 2.24) is 0 Å². The van der Waals surface area contributed by atoms with Gasteiger partial charge in [-0.25, -0.2) is 0 Å². The van der Waals surface area contributed by atoms with Gasteiger partial charge in [0.2, 0.25) is 0 Å². The van der Waals surface area contributed by atoms with Crippen molar-refractivity contribution in [2.24, 2.45) is 0 Å². The molecule has 0 aliphatic heterocycles. The molecular weight excluding hydrogens is 280 g/mol. The molecular formula is C18H30S2. The van der Waals surface area contributed by atoms with Gasteiger partial charge in [-0.2, -0.15) is 25.3 Å². The molecule has 1 aliphatic rings. The molecule has 0 nitrogen and oxygen atoms in total. The van der Waals surface area contributed by atoms with Crippen molar-refractivity contribution in [3.05, 3.63) is 35.4 Å². The largest absolute Gasteiger partial charge is 0.179 e. The van der Waals surface area contributed by atoms with Gasteiger partial charge in [0, 0.05) is 0 Å². The van der Waals surface area contributed by atoms with Crippen LogP contribution in [-0.2, 0) is 12.8 Å². The summed E-state index contributed by atoms with van der Waals surface area (Å²) in [6.07, 6.45) is 13.4. The molecule has 0 unspecified atom stereocenters. The second kappa shape index (κ2) is 12.6. The lowest BCUT2D eigenvalue weighted by molar-refractivity contribution is 0.630. The van der Waals surface area contributed by atoms with Crippen LogP contribution in [0.2, 0.25) is 0 Å². The van der Waals surface area contributed by atoms with Gasteiger partial charge in [-0.3, -0.25) is 0 Å². The normalized spacial score (nSPS) is 13.3. The minimum Gasteiger partial charge on any atom is -0.179 e. The van der Waals surface area contributed by atoms with Crippen molar-refractivity contribution in [1.29, 1.82) is 0 Å². The number of benzene rings is 1. The first kappa shape index (κ1) is 18.0. The summed E-state index contributed by atoms with van der Waals surface area (Å²) in [7, 11) is 0. The first-order valence-corrected chi connectivity index (χ1v) is 9.43. The van der Waals surface area contributed by atoms with Crippen LogP contribution in [0.15, 0.2) is 24.3 Å². The molecule has 0 spiro atoms. The summed E-state index contributed by atoms with van der Waals surface area (Å²) in [5.74, 6) is 2.10. The molecule has 0 aromatic heterocycles. The summed E-state index contributed by atoms with van der Waals surface area (Å²) < 4.78 is 0. The van der Waals surface area contributed by atoms with E-state index in [9.17, 15) is 0 Å². The predicted molar refractivity (Wildman–Crippen MR) is 98.5 cm³/mol. The Morgan fingerprint density at radius 2 is 1.05 bits per heavy atom. The Balaban J connectivity index is 0.000000200. The fourth-order valence-electron chi connectivity index (χ4n) is 2.61. The molecule has 0 amide bonds. The number of unbranched alkanes of at least 4 members (excludes halogenated alkanes) is 5. The van der Waals surface area contributed by atoms with Gasteiger partial charge in [0.25, 0.3) is 0 Å². The van der Waals surface area contributed by atoms with Crippen LogP contribution in [0.3, 0.4) is 0 Å². The SMILES string of the molecule is SCCCCCCCCS.c1ccc2c(c1)CCCC2. The summed E-state index contributed by atoms with van der Waals surface area (Å²) in [5.41, 5.74) is 3.16. The Morgan fingerprint density at radius 3 is 1.45 bits per heavy atom. The van der Waals surface area contributed by atoms with Crippen LogP contribution in [0.1, 0.15) is 62.5 Å². The molecule has 0 fully saturated rings. The van der Waals surface area contributed by atoms with E-state index in [-0.39, 0.29) is 0 Å². The van der Waals surface area contributed by atoms with Crippen LogP contribution in [0.4, 0.5) is 0 Å². The van der Waals surface area contributed by atoms with Crippen LogP contribution in [0, 0.1) is 0 Å². The summed E-state index contributed by atoms with van der Waals surface area (Å²) >= 11 is 8.30. The zero-order valence-corrected chi connectivity index (χ0v) is 14.5. The van der Waals surface area contributed by atoms with E-state index in [1.807, 2.05) is 0 Å². The Labute approximate surface area is 136 Å². The average Bonchev–Trinajstić information content (AvgIpc) is 2.52. The number of rotatable bonds is 7. The molecule has 2 heteroatoms. The van der Waals surface area contributed by atoms with Gasteiger partial charge in [0.15, 0.2) is 0 Å². The maximum atomic E-state index is 4.15. The summed E-state index contributed by atoms with van der Waals surface area (Å²) in [5, 5.41) is 0. The Morgan fingerprint density at radius 1 is 0.650 bits per heavy atom. The molecule has 114 valence electrons. The van der Waals surface area contributed by atoms with Crippen molar-refractivity contribution in [3.63, 3.8) is 0 Å². The third kappa shape index (κ3) is 8.26. The molecule has 1 aromatic carbocycles. The second-order valence-electron chi connectivity index (χ2n) is 5.54. The molecule has 0 bridgehead atoms. The molecule has 0 saturated heterocycles. The standard InChI is InChI=1S/C10H12.C8H18S2/c1-2-6-10-8-4-3-7-9(10)5-1;9-7-5-3-1-2-4-6-8-10/h1-2,5-6H,3-4,7-8H2;9-10H,1-8H2. The van der Waals surface area contributed by atoms with Gasteiger partial charge in [-0.15, -0.1) is 0 Å². The summed E-state index contributed by atoms with van der Waals surface area (Å²) in [6.45, 7) is 0. The smallest absolute Gasteiger partial charge is 0.00979 e. The highest BCUT2D eigenvalue weighted by Gasteiger charge is 2.05. The third-order valence-corrected chi connectivity index (χ3v) is 4.46. The molecule has 0 radical (unpaired) electrons. The fraction of sp³-hybridized carbons (Fsp3) is 0.667. The monoisotopic (exact) mass is 310 g/mol. The predicted octanol–water partition coefficient (Wildman–Crippen LogP) is 5.75. The van der Waals surface area contributed by atoms with Crippen molar-refractivity contribution in [2.75, 3.05) is 11.5 Å². The first-order valence-electron chi connectivity index (χ1n) is 8.17. The quantitative estimate of drug-likeness (QED) is 0.465. The summed E-state index contributed by atoms with van der Waals surface area (Å²) in [6, 6.07) is 8.80. The van der Waals surface area contributed by atoms with Crippen molar-refractivity contribution in [3.8, 4) is 0 Å². The fourth-order valence-corrected chi connectivity index (χ4v) is 3.05. The molecule has 0 heterocycles. The Bertz CT molecular complexity index is 303. The topological polar surface area (TPSA) is 0 Å². The number of thiol groups is 2. The van der Waals surface area contributed by atoms with Crippen LogP contribution in [0.5, 0.6) is 0 Å². The second-order valence-corrected chi connectivity index (χ2v) is 6.44. The van der Waals surface area contributed by atoms with Crippen LogP contribution in [-0.4, -0.2) is 11.5 Å². The lowest BCUT2D eigenvalue weighted by atomic mass is 9.92. The van der Waals surface area contributed by atoms with E-state index in [0.29, 0.717) is 0 Å². The maximum absolute atomic E-state index is 4.15. The number of fused-ring (bicyclic) bond motifs is 1. The van der Waals surface area contributed by atoms with Gasteiger partial charge in [-0.05, 0) is 61.2 Å². The molecule has 0 atom stereocenters. The molecule has 0 N–H and O–H groups in total. The third-order valence-electron chi connectivity index (χ3n) is 3.83. The highest BCUT2D eigenvalue weighted by atomic mass is 32.1. The van der Waals surface area contributed by atoms with E-state index < -0.39 is 0 Å². The van der Waals surface area contributed by atoms with Crippen molar-refractivity contribution in [2.45, 2.75) is 64.2 Å². The summed E-state index contributed by atoms with van der Waals surface area (Å²) in [4.78, 5) is 0. The van der Waals surface area contributed by atoms with Gasteiger partial charge in [0.1, 0.15) is 0 Å². The van der Waals surface area contributed by atoms with E-state index >= 15 is 0 Å². The van der Waals surface area contributed by atoms with E-state index in [2.05, 4.69) is 49.5 Å². The van der Waals surface area contributed by atoms with E-state index in [4.69, 9.17) is 0 Å².